The van der Waals surface area contributed by atoms with Crippen LogP contribution in [0, 0.1) is 11.6 Å². The lowest BCUT2D eigenvalue weighted by atomic mass is 9.94. The Morgan fingerprint density at radius 1 is 0.972 bits per heavy atom. The molecular formula is C26H29Cl2F2N5O. The van der Waals surface area contributed by atoms with Crippen LogP contribution in [-0.4, -0.2) is 34.6 Å². The number of fused-ring (bicyclic) bond motifs is 1. The second-order valence-electron chi connectivity index (χ2n) is 8.47. The largest absolute Gasteiger partial charge is 1.00 e. The summed E-state index contributed by atoms with van der Waals surface area (Å²) in [5, 5.41) is 2.93. The van der Waals surface area contributed by atoms with Gasteiger partial charge in [0, 0.05) is 19.9 Å². The quantitative estimate of drug-likeness (QED) is 0.218. The van der Waals surface area contributed by atoms with Gasteiger partial charge in [0.2, 0.25) is 0 Å². The fraction of sp³-hybridized carbons (Fsp3) is 0.231. The summed E-state index contributed by atoms with van der Waals surface area (Å²) in [6, 6.07) is 16.3. The SMILES string of the molecule is Cn1c(C(=O)NC[C@@H]([NH3+])CCC[NH3+])nc2cc(-c3ccc(F)cc3)c(-c3ccc(F)cc3)cc21.[Cl-].[Cl-]. The van der Waals surface area contributed by atoms with Gasteiger partial charge in [-0.05, 0) is 58.7 Å². The van der Waals surface area contributed by atoms with Gasteiger partial charge in [-0.3, -0.25) is 4.79 Å². The predicted octanol–water partition coefficient (Wildman–Crippen LogP) is -3.44. The summed E-state index contributed by atoms with van der Waals surface area (Å²) < 4.78 is 28.9. The number of carbonyl (C=O) groups is 1. The Labute approximate surface area is 220 Å². The van der Waals surface area contributed by atoms with Crippen molar-refractivity contribution in [3.63, 3.8) is 0 Å². The summed E-state index contributed by atoms with van der Waals surface area (Å²) in [6.45, 7) is 1.31. The third kappa shape index (κ3) is 6.39. The number of nitrogens with zero attached hydrogens (tertiary/aromatic N) is 2. The van der Waals surface area contributed by atoms with Crippen LogP contribution in [-0.2, 0) is 7.05 Å². The van der Waals surface area contributed by atoms with E-state index in [4.69, 9.17) is 0 Å². The number of amides is 1. The number of imidazole rings is 1. The summed E-state index contributed by atoms with van der Waals surface area (Å²) in [6.07, 6.45) is 1.86. The molecule has 0 radical (unpaired) electrons. The van der Waals surface area contributed by atoms with Gasteiger partial charge in [0.25, 0.3) is 5.91 Å². The highest BCUT2D eigenvalue weighted by molar-refractivity contribution is 5.98. The van der Waals surface area contributed by atoms with Crippen molar-refractivity contribution in [3.8, 4) is 22.3 Å². The standard InChI is InChI=1S/C26H27F2N5O.2ClH/c1-33-24-14-22(17-6-10-19(28)11-7-17)21(16-4-8-18(27)9-5-16)13-23(24)32-25(33)26(34)31-15-20(30)3-2-12-29;;/h4-11,13-14,20H,2-3,12,15,29-30H2,1H3,(H,31,34);2*1H/t20-;;/m0../s1. The second-order valence-corrected chi connectivity index (χ2v) is 8.47. The van der Waals surface area contributed by atoms with E-state index in [-0.39, 0.29) is 48.4 Å². The maximum atomic E-state index is 13.6. The van der Waals surface area contributed by atoms with Gasteiger partial charge in [-0.25, -0.2) is 13.8 Å². The molecule has 7 N–H and O–H groups in total. The molecule has 4 rings (SSSR count). The number of halogens is 4. The lowest BCUT2D eigenvalue weighted by Gasteiger charge is -2.12. The Balaban J connectivity index is 0.00000228. The van der Waals surface area contributed by atoms with Crippen molar-refractivity contribution in [1.82, 2.24) is 14.9 Å². The van der Waals surface area contributed by atoms with Gasteiger partial charge in [-0.1, -0.05) is 24.3 Å². The Hall–Kier alpha value is -3.04. The minimum Gasteiger partial charge on any atom is -1.00 e. The van der Waals surface area contributed by atoms with E-state index in [2.05, 4.69) is 21.8 Å². The highest BCUT2D eigenvalue weighted by Crippen LogP contribution is 2.36. The molecule has 0 fully saturated rings. The fourth-order valence-corrected chi connectivity index (χ4v) is 4.03. The maximum Gasteiger partial charge on any atom is 0.287 e. The molecule has 0 saturated carbocycles. The third-order valence-electron chi connectivity index (χ3n) is 5.95. The normalized spacial score (nSPS) is 11.5. The highest BCUT2D eigenvalue weighted by Gasteiger charge is 2.19. The van der Waals surface area contributed by atoms with E-state index in [1.165, 1.54) is 24.3 Å². The topological polar surface area (TPSA) is 102 Å². The number of benzene rings is 3. The number of quaternary nitrogens is 2. The van der Waals surface area contributed by atoms with Crippen LogP contribution in [0.3, 0.4) is 0 Å². The predicted molar refractivity (Wildman–Crippen MR) is 128 cm³/mol. The van der Waals surface area contributed by atoms with Crippen LogP contribution in [0.2, 0.25) is 0 Å². The van der Waals surface area contributed by atoms with Crippen molar-refractivity contribution in [3.05, 3.63) is 78.1 Å². The van der Waals surface area contributed by atoms with Crippen LogP contribution >= 0.6 is 0 Å². The molecule has 1 amide bonds. The van der Waals surface area contributed by atoms with E-state index in [9.17, 15) is 13.6 Å². The molecule has 0 spiro atoms. The van der Waals surface area contributed by atoms with Gasteiger partial charge in [0.1, 0.15) is 17.7 Å². The molecule has 36 heavy (non-hydrogen) atoms. The molecule has 1 aromatic heterocycles. The first-order valence-electron chi connectivity index (χ1n) is 11.3. The monoisotopic (exact) mass is 535 g/mol. The van der Waals surface area contributed by atoms with Crippen molar-refractivity contribution >= 4 is 16.9 Å². The number of aryl methyl sites for hydroxylation is 1. The molecule has 6 nitrogen and oxygen atoms in total. The zero-order valence-electron chi connectivity index (χ0n) is 19.9. The van der Waals surface area contributed by atoms with Gasteiger partial charge in [0.15, 0.2) is 5.82 Å². The molecule has 0 unspecified atom stereocenters. The summed E-state index contributed by atoms with van der Waals surface area (Å²) in [5.74, 6) is -0.634. The zero-order valence-corrected chi connectivity index (χ0v) is 21.4. The molecule has 0 aliphatic carbocycles. The van der Waals surface area contributed by atoms with Crippen LogP contribution < -0.4 is 41.6 Å². The minimum atomic E-state index is -0.330. The van der Waals surface area contributed by atoms with E-state index in [0.29, 0.717) is 17.9 Å². The second kappa shape index (κ2) is 12.8. The van der Waals surface area contributed by atoms with E-state index in [1.807, 2.05) is 12.1 Å². The lowest BCUT2D eigenvalue weighted by molar-refractivity contribution is -0.423. The lowest BCUT2D eigenvalue weighted by Crippen LogP contribution is -3.00. The first kappa shape index (κ1) is 29.2. The number of nitrogens with one attached hydrogen (secondary N) is 1. The number of carbonyl (C=O) groups excluding carboxylic acids is 1. The van der Waals surface area contributed by atoms with Crippen molar-refractivity contribution in [1.29, 1.82) is 0 Å². The average molecular weight is 536 g/mol. The van der Waals surface area contributed by atoms with Gasteiger partial charge in [0.05, 0.1) is 24.1 Å². The summed E-state index contributed by atoms with van der Waals surface area (Å²) in [7, 11) is 1.79. The molecule has 192 valence electrons. The smallest absolute Gasteiger partial charge is 0.287 e. The summed E-state index contributed by atoms with van der Waals surface area (Å²) in [4.78, 5) is 17.5. The van der Waals surface area contributed by atoms with E-state index in [1.54, 1.807) is 35.9 Å². The molecule has 0 aliphatic heterocycles. The third-order valence-corrected chi connectivity index (χ3v) is 5.95. The molecule has 1 heterocycles. The zero-order chi connectivity index (χ0) is 24.2. The molecule has 10 heteroatoms. The molecule has 0 saturated heterocycles. The summed E-state index contributed by atoms with van der Waals surface area (Å²) >= 11 is 0. The van der Waals surface area contributed by atoms with Crippen LogP contribution in [0.4, 0.5) is 8.78 Å². The van der Waals surface area contributed by atoms with Crippen LogP contribution in [0.25, 0.3) is 33.3 Å². The van der Waals surface area contributed by atoms with Crippen LogP contribution in [0.5, 0.6) is 0 Å². The molecule has 1 atom stereocenters. The van der Waals surface area contributed by atoms with E-state index in [0.717, 1.165) is 47.2 Å². The van der Waals surface area contributed by atoms with E-state index < -0.39 is 0 Å². The van der Waals surface area contributed by atoms with Crippen molar-refractivity contribution in [2.75, 3.05) is 13.1 Å². The highest BCUT2D eigenvalue weighted by atomic mass is 35.5. The van der Waals surface area contributed by atoms with Crippen molar-refractivity contribution in [2.24, 2.45) is 7.05 Å². The minimum absolute atomic E-state index is 0. The molecular weight excluding hydrogens is 507 g/mol. The number of hydrogen-bond donors (Lipinski definition) is 3. The Kier molecular flexibility index (Phi) is 10.4. The summed E-state index contributed by atoms with van der Waals surface area (Å²) in [5.41, 5.74) is 12.6. The van der Waals surface area contributed by atoms with Gasteiger partial charge in [-0.2, -0.15) is 0 Å². The first-order chi connectivity index (χ1) is 16.4. The van der Waals surface area contributed by atoms with Crippen LogP contribution in [0.1, 0.15) is 23.5 Å². The van der Waals surface area contributed by atoms with Gasteiger partial charge < -0.3 is 46.2 Å². The number of hydrogen-bond acceptors (Lipinski definition) is 2. The maximum absolute atomic E-state index is 13.6. The number of rotatable bonds is 8. The van der Waals surface area contributed by atoms with E-state index >= 15 is 0 Å². The van der Waals surface area contributed by atoms with Crippen LogP contribution in [0.15, 0.2) is 60.7 Å². The Morgan fingerprint density at radius 2 is 1.50 bits per heavy atom. The van der Waals surface area contributed by atoms with Gasteiger partial charge in [-0.15, -0.1) is 0 Å². The van der Waals surface area contributed by atoms with Crippen molar-refractivity contribution in [2.45, 2.75) is 18.9 Å². The van der Waals surface area contributed by atoms with Gasteiger partial charge >= 0.3 is 0 Å². The van der Waals surface area contributed by atoms with Crippen molar-refractivity contribution < 1.29 is 49.9 Å². The first-order valence-corrected chi connectivity index (χ1v) is 11.3. The molecule has 0 bridgehead atoms. The molecule has 3 aromatic carbocycles. The fourth-order valence-electron chi connectivity index (χ4n) is 4.03. The Morgan fingerprint density at radius 3 is 2.03 bits per heavy atom. The average Bonchev–Trinajstić information content (AvgIpc) is 3.17. The molecule has 4 aromatic rings. The molecule has 0 aliphatic rings. The Bertz CT molecular complexity index is 1310. The number of aromatic nitrogens is 2.